The van der Waals surface area contributed by atoms with Crippen molar-refractivity contribution in [2.24, 2.45) is 5.92 Å². The third-order valence-corrected chi connectivity index (χ3v) is 4.34. The lowest BCUT2D eigenvalue weighted by Gasteiger charge is -2.29. The predicted molar refractivity (Wildman–Crippen MR) is 93.8 cm³/mol. The van der Waals surface area contributed by atoms with Crippen LogP contribution in [-0.4, -0.2) is 35.6 Å². The number of anilines is 1. The smallest absolute Gasteiger partial charge is 0.251 e. The molecule has 1 aromatic rings. The van der Waals surface area contributed by atoms with E-state index in [1.54, 1.807) is 36.1 Å². The van der Waals surface area contributed by atoms with Gasteiger partial charge in [0.1, 0.15) is 0 Å². The van der Waals surface area contributed by atoms with Gasteiger partial charge in [0.05, 0.1) is 0 Å². The van der Waals surface area contributed by atoms with E-state index in [1.807, 2.05) is 0 Å². The Morgan fingerprint density at radius 1 is 1.08 bits per heavy atom. The minimum atomic E-state index is -0.315. The van der Waals surface area contributed by atoms with E-state index in [9.17, 15) is 14.4 Å². The van der Waals surface area contributed by atoms with Gasteiger partial charge in [-0.15, -0.1) is 0 Å². The van der Waals surface area contributed by atoms with Crippen LogP contribution in [0.1, 0.15) is 44.0 Å². The normalized spacial score (nSPS) is 16.0. The number of rotatable bonds is 4. The number of hydrogen-bond donors (Lipinski definition) is 1. The molecule has 2 amide bonds. The first-order valence-electron chi connectivity index (χ1n) is 8.26. The van der Waals surface area contributed by atoms with Crippen molar-refractivity contribution in [3.63, 3.8) is 0 Å². The molecule has 1 aromatic carbocycles. The maximum atomic E-state index is 12.2. The first-order chi connectivity index (χ1) is 11.4. The Labute approximate surface area is 142 Å². The molecule has 5 nitrogen and oxygen atoms in total. The summed E-state index contributed by atoms with van der Waals surface area (Å²) in [6.07, 6.45) is 3.41. The number of benzene rings is 1. The Kier molecular flexibility index (Phi) is 5.90. The molecule has 0 bridgehead atoms. The van der Waals surface area contributed by atoms with Gasteiger partial charge in [0.2, 0.25) is 5.91 Å². The average molecular weight is 328 g/mol. The molecule has 5 heteroatoms. The standard InChI is InChI=1S/C19H24N2O3/c1-13-8-10-21(11-9-13)18(23)12-14(2)19(24)20-17-6-4-16(5-7-17)15(3)22/h4-7,12-13H,8-11H2,1-3H3,(H,20,24)/b14-12-. The van der Waals surface area contributed by atoms with Gasteiger partial charge < -0.3 is 10.2 Å². The molecule has 0 saturated carbocycles. The van der Waals surface area contributed by atoms with Crippen molar-refractivity contribution in [3.8, 4) is 0 Å². The average Bonchev–Trinajstić information content (AvgIpc) is 2.55. The zero-order valence-electron chi connectivity index (χ0n) is 14.5. The highest BCUT2D eigenvalue weighted by Crippen LogP contribution is 2.17. The van der Waals surface area contributed by atoms with Crippen molar-refractivity contribution in [2.45, 2.75) is 33.6 Å². The number of piperidine rings is 1. The summed E-state index contributed by atoms with van der Waals surface area (Å²) in [4.78, 5) is 37.4. The predicted octanol–water partition coefficient (Wildman–Crippen LogP) is 3.03. The van der Waals surface area contributed by atoms with Crippen LogP contribution in [0.25, 0.3) is 0 Å². The molecule has 24 heavy (non-hydrogen) atoms. The molecule has 0 unspecified atom stereocenters. The second-order valence-corrected chi connectivity index (χ2v) is 6.42. The van der Waals surface area contributed by atoms with E-state index in [-0.39, 0.29) is 17.6 Å². The minimum absolute atomic E-state index is 0.0228. The fraction of sp³-hybridized carbons (Fsp3) is 0.421. The number of ketones is 1. The Bertz CT molecular complexity index is 654. The third kappa shape index (κ3) is 4.78. The fourth-order valence-corrected chi connectivity index (χ4v) is 2.59. The summed E-state index contributed by atoms with van der Waals surface area (Å²) in [6, 6.07) is 6.68. The first-order valence-corrected chi connectivity index (χ1v) is 8.26. The molecule has 128 valence electrons. The minimum Gasteiger partial charge on any atom is -0.339 e. The quantitative estimate of drug-likeness (QED) is 0.682. The van der Waals surface area contributed by atoms with Crippen molar-refractivity contribution < 1.29 is 14.4 Å². The van der Waals surface area contributed by atoms with Crippen molar-refractivity contribution in [2.75, 3.05) is 18.4 Å². The zero-order chi connectivity index (χ0) is 17.7. The summed E-state index contributed by atoms with van der Waals surface area (Å²) >= 11 is 0. The van der Waals surface area contributed by atoms with Gasteiger partial charge in [0, 0.05) is 36.0 Å². The van der Waals surface area contributed by atoms with E-state index in [4.69, 9.17) is 0 Å². The molecular formula is C19H24N2O3. The number of Topliss-reactive ketones (excluding diaryl/α,β-unsaturated/α-hetero) is 1. The summed E-state index contributed by atoms with van der Waals surface area (Å²) in [5.74, 6) is 0.205. The van der Waals surface area contributed by atoms with Gasteiger partial charge in [-0.2, -0.15) is 0 Å². The van der Waals surface area contributed by atoms with Crippen LogP contribution in [0.3, 0.4) is 0 Å². The lowest BCUT2D eigenvalue weighted by molar-refractivity contribution is -0.127. The zero-order valence-corrected chi connectivity index (χ0v) is 14.5. The van der Waals surface area contributed by atoms with Crippen LogP contribution in [-0.2, 0) is 9.59 Å². The molecule has 2 rings (SSSR count). The Hall–Kier alpha value is -2.43. The van der Waals surface area contributed by atoms with Crippen LogP contribution >= 0.6 is 0 Å². The van der Waals surface area contributed by atoms with Crippen molar-refractivity contribution in [3.05, 3.63) is 41.5 Å². The van der Waals surface area contributed by atoms with E-state index in [2.05, 4.69) is 12.2 Å². The highest BCUT2D eigenvalue weighted by atomic mass is 16.2. The second kappa shape index (κ2) is 7.90. The maximum Gasteiger partial charge on any atom is 0.251 e. The molecule has 0 aliphatic carbocycles. The number of amides is 2. The highest BCUT2D eigenvalue weighted by molar-refractivity contribution is 6.07. The molecule has 0 atom stereocenters. The molecular weight excluding hydrogens is 304 g/mol. The molecule has 1 aliphatic rings. The first kappa shape index (κ1) is 17.9. The summed E-state index contributed by atoms with van der Waals surface area (Å²) in [6.45, 7) is 6.81. The SMILES string of the molecule is CC(=O)c1ccc(NC(=O)/C(C)=C\C(=O)N2CCC(C)CC2)cc1. The molecule has 1 N–H and O–H groups in total. The van der Waals surface area contributed by atoms with Crippen LogP contribution in [0.2, 0.25) is 0 Å². The van der Waals surface area contributed by atoms with Gasteiger partial charge >= 0.3 is 0 Å². The van der Waals surface area contributed by atoms with Gasteiger partial charge in [-0.25, -0.2) is 0 Å². The number of nitrogens with zero attached hydrogens (tertiary/aromatic N) is 1. The lowest BCUT2D eigenvalue weighted by atomic mass is 9.99. The number of carbonyl (C=O) groups is 3. The molecule has 1 fully saturated rings. The largest absolute Gasteiger partial charge is 0.339 e. The summed E-state index contributed by atoms with van der Waals surface area (Å²) in [5, 5.41) is 2.73. The van der Waals surface area contributed by atoms with E-state index in [0.717, 1.165) is 25.9 Å². The molecule has 0 aromatic heterocycles. The van der Waals surface area contributed by atoms with Crippen LogP contribution in [0.15, 0.2) is 35.9 Å². The van der Waals surface area contributed by atoms with Gasteiger partial charge in [0.15, 0.2) is 5.78 Å². The third-order valence-electron chi connectivity index (χ3n) is 4.34. The molecule has 1 heterocycles. The summed E-state index contributed by atoms with van der Waals surface area (Å²) < 4.78 is 0. The monoisotopic (exact) mass is 328 g/mol. The number of carbonyl (C=O) groups excluding carboxylic acids is 3. The second-order valence-electron chi connectivity index (χ2n) is 6.42. The number of likely N-dealkylation sites (tertiary alicyclic amines) is 1. The van der Waals surface area contributed by atoms with Crippen molar-refractivity contribution in [1.82, 2.24) is 4.90 Å². The molecule has 1 aliphatic heterocycles. The van der Waals surface area contributed by atoms with Gasteiger partial charge in [-0.3, -0.25) is 14.4 Å². The summed E-state index contributed by atoms with van der Waals surface area (Å²) in [5.41, 5.74) is 1.56. The van der Waals surface area contributed by atoms with Gasteiger partial charge in [-0.1, -0.05) is 6.92 Å². The Morgan fingerprint density at radius 3 is 2.21 bits per heavy atom. The van der Waals surface area contributed by atoms with E-state index < -0.39 is 0 Å². The summed E-state index contributed by atoms with van der Waals surface area (Å²) in [7, 11) is 0. The van der Waals surface area contributed by atoms with Gasteiger partial charge in [-0.05, 0) is 56.9 Å². The topological polar surface area (TPSA) is 66.5 Å². The highest BCUT2D eigenvalue weighted by Gasteiger charge is 2.19. The van der Waals surface area contributed by atoms with Crippen LogP contribution in [0.4, 0.5) is 5.69 Å². The van der Waals surface area contributed by atoms with Crippen molar-refractivity contribution in [1.29, 1.82) is 0 Å². The van der Waals surface area contributed by atoms with E-state index >= 15 is 0 Å². The molecule has 0 radical (unpaired) electrons. The van der Waals surface area contributed by atoms with E-state index in [1.165, 1.54) is 13.0 Å². The van der Waals surface area contributed by atoms with Crippen LogP contribution < -0.4 is 5.32 Å². The van der Waals surface area contributed by atoms with E-state index in [0.29, 0.717) is 22.7 Å². The Balaban J connectivity index is 1.95. The number of hydrogen-bond acceptors (Lipinski definition) is 3. The van der Waals surface area contributed by atoms with Gasteiger partial charge in [0.25, 0.3) is 5.91 Å². The molecule has 1 saturated heterocycles. The van der Waals surface area contributed by atoms with Crippen LogP contribution in [0, 0.1) is 5.92 Å². The van der Waals surface area contributed by atoms with Crippen LogP contribution in [0.5, 0.6) is 0 Å². The maximum absolute atomic E-state index is 12.2. The lowest BCUT2D eigenvalue weighted by Crippen LogP contribution is -2.37. The number of nitrogens with one attached hydrogen (secondary N) is 1. The molecule has 0 spiro atoms. The van der Waals surface area contributed by atoms with Crippen molar-refractivity contribution >= 4 is 23.3 Å². The fourth-order valence-electron chi connectivity index (χ4n) is 2.59. The Morgan fingerprint density at radius 2 is 1.67 bits per heavy atom.